The second-order valence-corrected chi connectivity index (χ2v) is 8.02. The van der Waals surface area contributed by atoms with E-state index in [1.165, 1.54) is 13.3 Å². The highest BCUT2D eigenvalue weighted by Crippen LogP contribution is 2.24. The van der Waals surface area contributed by atoms with Crippen LogP contribution in [0, 0.1) is 20.8 Å². The number of benzene rings is 1. The van der Waals surface area contributed by atoms with Crippen LogP contribution in [0.4, 0.5) is 0 Å². The number of rotatable bonds is 6. The number of likely N-dealkylation sites (N-methyl/N-ethyl adjacent to an activating group) is 1. The molecule has 0 aliphatic carbocycles. The average molecular weight is 374 g/mol. The van der Waals surface area contributed by atoms with Gasteiger partial charge in [-0.05, 0) is 44.0 Å². The Morgan fingerprint density at radius 2 is 1.88 bits per heavy atom. The van der Waals surface area contributed by atoms with Gasteiger partial charge < -0.3 is 0 Å². The molecule has 0 bridgehead atoms. The number of carbonyl (C=O) groups is 1. The van der Waals surface area contributed by atoms with Crippen LogP contribution in [-0.2, 0) is 14.8 Å². The van der Waals surface area contributed by atoms with Crippen LogP contribution in [0.3, 0.4) is 0 Å². The first-order chi connectivity index (χ1) is 12.2. The molecule has 1 aromatic carbocycles. The fourth-order valence-corrected chi connectivity index (χ4v) is 4.21. The first-order valence-electron chi connectivity index (χ1n) is 7.99. The molecule has 0 saturated heterocycles. The van der Waals surface area contributed by atoms with Crippen molar-refractivity contribution in [3.8, 4) is 0 Å². The van der Waals surface area contributed by atoms with Crippen LogP contribution in [0.1, 0.15) is 22.4 Å². The number of hydrazone groups is 1. The molecule has 2 rings (SSSR count). The van der Waals surface area contributed by atoms with E-state index < -0.39 is 15.9 Å². The molecule has 0 aliphatic rings. The van der Waals surface area contributed by atoms with Gasteiger partial charge in [0.1, 0.15) is 0 Å². The fraction of sp³-hybridized carbons (Fsp3) is 0.278. The number of pyridine rings is 1. The Morgan fingerprint density at radius 1 is 1.23 bits per heavy atom. The van der Waals surface area contributed by atoms with Crippen LogP contribution in [0.2, 0.25) is 0 Å². The van der Waals surface area contributed by atoms with Gasteiger partial charge in [-0.15, -0.1) is 0 Å². The van der Waals surface area contributed by atoms with Crippen molar-refractivity contribution in [3.63, 3.8) is 0 Å². The highest BCUT2D eigenvalue weighted by atomic mass is 32.2. The van der Waals surface area contributed by atoms with Gasteiger partial charge in [-0.1, -0.05) is 23.8 Å². The Balaban J connectivity index is 2.07. The van der Waals surface area contributed by atoms with Gasteiger partial charge in [-0.3, -0.25) is 9.78 Å². The maximum atomic E-state index is 12.8. The molecular formula is C18H22N4O3S. The van der Waals surface area contributed by atoms with Crippen LogP contribution < -0.4 is 5.43 Å². The summed E-state index contributed by atoms with van der Waals surface area (Å²) < 4.78 is 26.6. The number of hydrogen-bond acceptors (Lipinski definition) is 5. The largest absolute Gasteiger partial charge is 0.272 e. The molecule has 0 unspecified atom stereocenters. The molecule has 0 radical (unpaired) electrons. The smallest absolute Gasteiger partial charge is 0.255 e. The molecule has 0 atom stereocenters. The zero-order valence-electron chi connectivity index (χ0n) is 15.2. The first-order valence-corrected chi connectivity index (χ1v) is 9.43. The van der Waals surface area contributed by atoms with Crippen molar-refractivity contribution in [1.29, 1.82) is 0 Å². The number of hydrogen-bond donors (Lipinski definition) is 1. The highest BCUT2D eigenvalue weighted by Gasteiger charge is 2.26. The molecule has 1 amide bonds. The monoisotopic (exact) mass is 374 g/mol. The number of nitrogens with one attached hydrogen (secondary N) is 1. The fourth-order valence-electron chi connectivity index (χ4n) is 2.67. The van der Waals surface area contributed by atoms with Crippen LogP contribution in [0.25, 0.3) is 0 Å². The maximum absolute atomic E-state index is 12.8. The number of nitrogens with zero attached hydrogens (tertiary/aromatic N) is 3. The molecule has 0 spiro atoms. The second kappa shape index (κ2) is 8.20. The molecule has 1 N–H and O–H groups in total. The van der Waals surface area contributed by atoms with Gasteiger partial charge in [0.25, 0.3) is 5.91 Å². The molecule has 0 fully saturated rings. The topological polar surface area (TPSA) is 91.7 Å². The summed E-state index contributed by atoms with van der Waals surface area (Å²) in [5, 5.41) is 3.79. The maximum Gasteiger partial charge on any atom is 0.255 e. The zero-order chi connectivity index (χ0) is 19.3. The van der Waals surface area contributed by atoms with Crippen molar-refractivity contribution in [3.05, 3.63) is 58.9 Å². The van der Waals surface area contributed by atoms with E-state index in [2.05, 4.69) is 15.5 Å². The predicted molar refractivity (Wildman–Crippen MR) is 100 cm³/mol. The summed E-state index contributed by atoms with van der Waals surface area (Å²) in [5.74, 6) is -0.536. The van der Waals surface area contributed by atoms with Crippen LogP contribution in [-0.4, -0.2) is 43.4 Å². The van der Waals surface area contributed by atoms with Crippen molar-refractivity contribution >= 4 is 22.1 Å². The summed E-state index contributed by atoms with van der Waals surface area (Å²) in [6, 6.07) is 8.92. The van der Waals surface area contributed by atoms with E-state index in [1.807, 2.05) is 19.1 Å². The van der Waals surface area contributed by atoms with Crippen molar-refractivity contribution in [2.24, 2.45) is 5.10 Å². The van der Waals surface area contributed by atoms with E-state index in [1.54, 1.807) is 38.2 Å². The molecule has 7 nitrogen and oxygen atoms in total. The first kappa shape index (κ1) is 19.7. The van der Waals surface area contributed by atoms with Gasteiger partial charge in [0.2, 0.25) is 10.0 Å². The van der Waals surface area contributed by atoms with E-state index in [0.29, 0.717) is 16.8 Å². The highest BCUT2D eigenvalue weighted by molar-refractivity contribution is 7.89. The summed E-state index contributed by atoms with van der Waals surface area (Å²) in [7, 11) is -2.41. The third kappa shape index (κ3) is 4.74. The van der Waals surface area contributed by atoms with Gasteiger partial charge in [-0.25, -0.2) is 13.8 Å². The summed E-state index contributed by atoms with van der Waals surface area (Å²) in [5.41, 5.74) is 5.19. The molecular weight excluding hydrogens is 352 g/mol. The Kier molecular flexibility index (Phi) is 6.23. The minimum atomic E-state index is -3.78. The van der Waals surface area contributed by atoms with Crippen LogP contribution in [0.15, 0.2) is 46.5 Å². The molecule has 8 heteroatoms. The number of amides is 1. The molecule has 0 saturated carbocycles. The molecule has 2 aromatic rings. The van der Waals surface area contributed by atoms with Crippen molar-refractivity contribution in [1.82, 2.24) is 14.7 Å². The van der Waals surface area contributed by atoms with Gasteiger partial charge in [0.05, 0.1) is 23.3 Å². The third-order valence-corrected chi connectivity index (χ3v) is 5.82. The summed E-state index contributed by atoms with van der Waals surface area (Å²) in [6.45, 7) is 5.07. The summed E-state index contributed by atoms with van der Waals surface area (Å²) in [6.07, 6.45) is 3.00. The Morgan fingerprint density at radius 3 is 2.46 bits per heavy atom. The minimum absolute atomic E-state index is 0.232. The lowest BCUT2D eigenvalue weighted by atomic mass is 10.1. The standard InChI is InChI=1S/C18H22N4O3S/c1-13-9-14(2)18(15(3)10-13)26(24,25)22(4)12-17(23)21-20-11-16-7-5-6-8-19-16/h5-11H,12H2,1-4H3,(H,21,23)/b20-11-. The van der Waals surface area contributed by atoms with Gasteiger partial charge in [0, 0.05) is 13.2 Å². The lowest BCUT2D eigenvalue weighted by Crippen LogP contribution is -2.37. The SMILES string of the molecule is Cc1cc(C)c(S(=O)(=O)N(C)CC(=O)N/N=C\c2ccccn2)c(C)c1. The van der Waals surface area contributed by atoms with Crippen LogP contribution in [0.5, 0.6) is 0 Å². The van der Waals surface area contributed by atoms with E-state index in [4.69, 9.17) is 0 Å². The quantitative estimate of drug-likeness (QED) is 0.616. The molecule has 1 heterocycles. The molecule has 0 aliphatic heterocycles. The van der Waals surface area contributed by atoms with Gasteiger partial charge in [0.15, 0.2) is 0 Å². The number of aryl methyl sites for hydroxylation is 3. The summed E-state index contributed by atoms with van der Waals surface area (Å²) >= 11 is 0. The lowest BCUT2D eigenvalue weighted by molar-refractivity contribution is -0.121. The van der Waals surface area contributed by atoms with Crippen LogP contribution >= 0.6 is 0 Å². The molecule has 138 valence electrons. The Hall–Kier alpha value is -2.58. The van der Waals surface area contributed by atoms with E-state index in [9.17, 15) is 13.2 Å². The Bertz CT molecular complexity index is 902. The van der Waals surface area contributed by atoms with Crippen molar-refractivity contribution in [2.45, 2.75) is 25.7 Å². The zero-order valence-corrected chi connectivity index (χ0v) is 16.0. The number of sulfonamides is 1. The van der Waals surface area contributed by atoms with Crippen molar-refractivity contribution < 1.29 is 13.2 Å². The predicted octanol–water partition coefficient (Wildman–Crippen LogP) is 1.78. The minimum Gasteiger partial charge on any atom is -0.272 e. The van der Waals surface area contributed by atoms with Gasteiger partial charge in [-0.2, -0.15) is 9.41 Å². The van der Waals surface area contributed by atoms with Gasteiger partial charge >= 0.3 is 0 Å². The molecule has 26 heavy (non-hydrogen) atoms. The van der Waals surface area contributed by atoms with Crippen molar-refractivity contribution in [2.75, 3.05) is 13.6 Å². The lowest BCUT2D eigenvalue weighted by Gasteiger charge is -2.19. The number of aromatic nitrogens is 1. The number of carbonyl (C=O) groups excluding carboxylic acids is 1. The third-order valence-electron chi connectivity index (χ3n) is 3.71. The second-order valence-electron chi connectivity index (χ2n) is 6.04. The van der Waals surface area contributed by atoms with E-state index >= 15 is 0 Å². The average Bonchev–Trinajstić information content (AvgIpc) is 2.54. The van der Waals surface area contributed by atoms with E-state index in [0.717, 1.165) is 9.87 Å². The normalized spacial score (nSPS) is 11.9. The van der Waals surface area contributed by atoms with E-state index in [-0.39, 0.29) is 11.4 Å². The molecule has 1 aromatic heterocycles. The Labute approximate surface area is 153 Å². The summed E-state index contributed by atoms with van der Waals surface area (Å²) in [4.78, 5) is 16.3.